The second kappa shape index (κ2) is 14.5. The minimum Gasteiger partial charge on any atom is -0.497 e. The highest BCUT2D eigenvalue weighted by molar-refractivity contribution is 6.16. The first kappa shape index (κ1) is 34.6. The van der Waals surface area contributed by atoms with Gasteiger partial charge in [-0.1, -0.05) is 54.6 Å². The molecule has 54 heavy (non-hydrogen) atoms. The van der Waals surface area contributed by atoms with Crippen molar-refractivity contribution in [3.05, 3.63) is 155 Å². The van der Waals surface area contributed by atoms with Crippen molar-refractivity contribution in [3.8, 4) is 5.75 Å². The highest BCUT2D eigenvalue weighted by Crippen LogP contribution is 2.38. The maximum Gasteiger partial charge on any atom is 0.338 e. The Morgan fingerprint density at radius 3 is 1.89 bits per heavy atom. The van der Waals surface area contributed by atoms with E-state index in [-0.39, 0.29) is 6.61 Å². The third-order valence-electron chi connectivity index (χ3n) is 10.0. The average Bonchev–Trinajstić information content (AvgIpc) is 3.77. The van der Waals surface area contributed by atoms with Gasteiger partial charge in [0.1, 0.15) is 18.5 Å². The summed E-state index contributed by atoms with van der Waals surface area (Å²) in [6, 6.07) is 33.6. The van der Waals surface area contributed by atoms with Gasteiger partial charge in [0.05, 0.1) is 29.3 Å². The summed E-state index contributed by atoms with van der Waals surface area (Å²) >= 11 is 0. The standard InChI is InChI=1S/C44H36N2O8/c1-26-34-24-46(22-21-32(34)27(2)38-37(26)33-23-31(50-3)19-20-35(33)45-38)41-40(54-44(49)30-17-11-6-12-18-30)39(53-43(48)29-15-9-5-10-16-29)36(52-41)25-51-42(47)28-13-7-4-8-14-28/h4-24,36,39-41H,25H2,1-3H3/p+1/t36-,39-,40-,41-/m1/s1. The number of hydrogen-bond donors (Lipinski definition) is 1. The summed E-state index contributed by atoms with van der Waals surface area (Å²) in [5.41, 5.74) is 5.08. The number of methoxy groups -OCH3 is 1. The number of aryl methyl sites for hydroxylation is 2. The Hall–Kier alpha value is -6.52. The SMILES string of the molecule is COc1ccc2[nH]c3c(C)c4cc[n+]([C@@H]5O[C@H](COC(=O)c6ccccc6)[C@@H](OC(=O)c6ccccc6)[C@H]5OC(=O)c5ccccc5)cc4c(C)c3c2c1. The number of ether oxygens (including phenoxy) is 5. The molecule has 4 atom stereocenters. The molecule has 3 heterocycles. The number of H-pyrrole nitrogens is 1. The van der Waals surface area contributed by atoms with E-state index in [1.54, 1.807) is 98.1 Å². The van der Waals surface area contributed by atoms with Gasteiger partial charge in [0.2, 0.25) is 6.10 Å². The van der Waals surface area contributed by atoms with E-state index < -0.39 is 42.4 Å². The Bertz CT molecular complexity index is 2520. The van der Waals surface area contributed by atoms with Crippen molar-refractivity contribution in [2.75, 3.05) is 13.7 Å². The van der Waals surface area contributed by atoms with Crippen LogP contribution in [0, 0.1) is 13.8 Å². The highest BCUT2D eigenvalue weighted by Gasteiger charge is 2.55. The number of carbonyl (C=O) groups excluding carboxylic acids is 3. The van der Waals surface area contributed by atoms with Gasteiger partial charge in [-0.25, -0.2) is 14.4 Å². The molecule has 0 amide bonds. The number of fused-ring (bicyclic) bond motifs is 4. The van der Waals surface area contributed by atoms with E-state index in [1.807, 2.05) is 41.2 Å². The molecule has 2 aromatic heterocycles. The summed E-state index contributed by atoms with van der Waals surface area (Å²) in [6.07, 6.45) is -0.467. The maximum absolute atomic E-state index is 13.7. The normalized spacial score (nSPS) is 18.1. The van der Waals surface area contributed by atoms with Crippen LogP contribution in [-0.2, 0) is 18.9 Å². The van der Waals surface area contributed by atoms with Crippen molar-refractivity contribution in [1.82, 2.24) is 4.98 Å². The molecule has 0 saturated carbocycles. The fourth-order valence-electron chi connectivity index (χ4n) is 7.23. The molecule has 10 heteroatoms. The van der Waals surface area contributed by atoms with Crippen molar-refractivity contribution in [3.63, 3.8) is 0 Å². The van der Waals surface area contributed by atoms with Gasteiger partial charge < -0.3 is 28.7 Å². The molecule has 1 fully saturated rings. The molecule has 1 N–H and O–H groups in total. The largest absolute Gasteiger partial charge is 0.497 e. The highest BCUT2D eigenvalue weighted by atomic mass is 16.7. The van der Waals surface area contributed by atoms with Crippen molar-refractivity contribution in [1.29, 1.82) is 0 Å². The molecule has 5 aromatic carbocycles. The summed E-state index contributed by atoms with van der Waals surface area (Å²) in [5.74, 6) is -1.09. The lowest BCUT2D eigenvalue weighted by molar-refractivity contribution is -0.764. The molecule has 0 spiro atoms. The second-order valence-corrected chi connectivity index (χ2v) is 13.3. The smallest absolute Gasteiger partial charge is 0.338 e. The Balaban J connectivity index is 1.23. The van der Waals surface area contributed by atoms with Crippen molar-refractivity contribution >= 4 is 50.5 Å². The van der Waals surface area contributed by atoms with E-state index >= 15 is 0 Å². The first-order valence-electron chi connectivity index (χ1n) is 17.6. The van der Waals surface area contributed by atoms with Crippen molar-refractivity contribution < 1.29 is 42.6 Å². The number of aromatic amines is 1. The van der Waals surface area contributed by atoms with Crippen LogP contribution in [-0.4, -0.2) is 54.9 Å². The predicted molar refractivity (Wildman–Crippen MR) is 201 cm³/mol. The van der Waals surface area contributed by atoms with E-state index in [0.29, 0.717) is 16.7 Å². The second-order valence-electron chi connectivity index (χ2n) is 13.3. The third kappa shape index (κ3) is 6.41. The van der Waals surface area contributed by atoms with Crippen LogP contribution < -0.4 is 9.30 Å². The quantitative estimate of drug-likeness (QED) is 0.0921. The van der Waals surface area contributed by atoms with Crippen LogP contribution in [0.1, 0.15) is 48.4 Å². The van der Waals surface area contributed by atoms with E-state index in [1.165, 1.54) is 0 Å². The summed E-state index contributed by atoms with van der Waals surface area (Å²) in [4.78, 5) is 44.0. The lowest BCUT2D eigenvalue weighted by atomic mass is 9.97. The van der Waals surface area contributed by atoms with E-state index in [9.17, 15) is 14.4 Å². The van der Waals surface area contributed by atoms with E-state index in [4.69, 9.17) is 23.7 Å². The van der Waals surface area contributed by atoms with Crippen molar-refractivity contribution in [2.24, 2.45) is 0 Å². The van der Waals surface area contributed by atoms with Crippen LogP contribution in [0.25, 0.3) is 32.6 Å². The number of pyridine rings is 1. The molecule has 1 aliphatic rings. The minimum atomic E-state index is -1.16. The Morgan fingerprint density at radius 1 is 0.685 bits per heavy atom. The number of esters is 3. The fourth-order valence-corrected chi connectivity index (χ4v) is 7.23. The number of carbonyl (C=O) groups is 3. The average molecular weight is 722 g/mol. The van der Waals surface area contributed by atoms with E-state index in [0.717, 1.165) is 49.5 Å². The number of hydrogen-bond acceptors (Lipinski definition) is 8. The molecule has 7 aromatic rings. The summed E-state index contributed by atoms with van der Waals surface area (Å²) < 4.78 is 32.1. The van der Waals surface area contributed by atoms with Crippen LogP contribution >= 0.6 is 0 Å². The maximum atomic E-state index is 13.7. The number of benzene rings is 5. The Kier molecular flexibility index (Phi) is 9.27. The summed E-state index contributed by atoms with van der Waals surface area (Å²) in [6.45, 7) is 3.87. The molecule has 0 aliphatic carbocycles. The molecule has 0 unspecified atom stereocenters. The lowest BCUT2D eigenvalue weighted by Crippen LogP contribution is -2.48. The predicted octanol–water partition coefficient (Wildman–Crippen LogP) is 7.59. The van der Waals surface area contributed by atoms with Gasteiger partial charge in [-0.05, 0) is 85.0 Å². The molecule has 1 aliphatic heterocycles. The lowest BCUT2D eigenvalue weighted by Gasteiger charge is -2.23. The van der Waals surface area contributed by atoms with Crippen LogP contribution in [0.5, 0.6) is 5.75 Å². The molecule has 1 saturated heterocycles. The van der Waals surface area contributed by atoms with Gasteiger partial charge in [-0.3, -0.25) is 0 Å². The number of rotatable bonds is 9. The van der Waals surface area contributed by atoms with Gasteiger partial charge in [-0.2, -0.15) is 4.57 Å². The Labute approximate surface area is 310 Å². The fraction of sp³-hybridized carbons (Fsp3) is 0.182. The topological polar surface area (TPSA) is 117 Å². The van der Waals surface area contributed by atoms with Crippen molar-refractivity contribution in [2.45, 2.75) is 38.4 Å². The zero-order valence-electron chi connectivity index (χ0n) is 29.9. The zero-order chi connectivity index (χ0) is 37.3. The van der Waals surface area contributed by atoms with Gasteiger partial charge in [-0.15, -0.1) is 0 Å². The molecule has 0 radical (unpaired) electrons. The summed E-state index contributed by atoms with van der Waals surface area (Å²) in [7, 11) is 1.65. The first-order chi connectivity index (χ1) is 26.3. The molecule has 0 bridgehead atoms. The Morgan fingerprint density at radius 2 is 1.28 bits per heavy atom. The first-order valence-corrected chi connectivity index (χ1v) is 17.6. The van der Waals surface area contributed by atoms with Gasteiger partial charge in [0.25, 0.3) is 0 Å². The molecular weight excluding hydrogens is 684 g/mol. The minimum absolute atomic E-state index is 0.277. The monoisotopic (exact) mass is 721 g/mol. The van der Waals surface area contributed by atoms with Crippen LogP contribution in [0.15, 0.2) is 128 Å². The molecule has 10 nitrogen and oxygen atoms in total. The van der Waals surface area contributed by atoms with E-state index in [2.05, 4.69) is 18.8 Å². The zero-order valence-corrected chi connectivity index (χ0v) is 29.9. The van der Waals surface area contributed by atoms with Gasteiger partial charge in [0, 0.05) is 27.7 Å². The number of nitrogens with one attached hydrogen (secondary N) is 1. The number of aromatic nitrogens is 2. The number of nitrogens with zero attached hydrogens (tertiary/aromatic N) is 1. The van der Waals surface area contributed by atoms with Gasteiger partial charge >= 0.3 is 24.1 Å². The van der Waals surface area contributed by atoms with Gasteiger partial charge in [0.15, 0.2) is 18.5 Å². The molecule has 8 rings (SSSR count). The third-order valence-corrected chi connectivity index (χ3v) is 10.0. The van der Waals surface area contributed by atoms with Crippen LogP contribution in [0.3, 0.4) is 0 Å². The van der Waals surface area contributed by atoms with Crippen LogP contribution in [0.4, 0.5) is 0 Å². The molecule has 270 valence electrons. The van der Waals surface area contributed by atoms with Crippen LogP contribution in [0.2, 0.25) is 0 Å². The summed E-state index contributed by atoms with van der Waals surface area (Å²) in [5, 5.41) is 4.05. The molecular formula is C44H37N2O8+.